The van der Waals surface area contributed by atoms with Crippen molar-refractivity contribution in [1.82, 2.24) is 9.80 Å². The number of carboxylic acid groups (broad SMARTS) is 2. The molecule has 3 rings (SSSR count). The summed E-state index contributed by atoms with van der Waals surface area (Å²) in [6, 6.07) is 16.8. The summed E-state index contributed by atoms with van der Waals surface area (Å²) >= 11 is 0. The molecule has 0 atom stereocenters. The zero-order valence-corrected chi connectivity index (χ0v) is 19.7. The SMILES string of the molecule is C=CCc1ccc(OCCCN2CCN(Cc3ccccc3)CC2)c(OC)c1.O=C(O)C(=O)O. The minimum absolute atomic E-state index is 0.710. The molecular formula is C26H34N2O6. The molecule has 8 heteroatoms. The van der Waals surface area contributed by atoms with Gasteiger partial charge in [-0.2, -0.15) is 0 Å². The van der Waals surface area contributed by atoms with Gasteiger partial charge in [-0.15, -0.1) is 6.58 Å². The number of piperazine rings is 1. The van der Waals surface area contributed by atoms with Crippen LogP contribution in [0, 0.1) is 0 Å². The number of carboxylic acids is 2. The van der Waals surface area contributed by atoms with Gasteiger partial charge in [0.25, 0.3) is 0 Å². The summed E-state index contributed by atoms with van der Waals surface area (Å²) in [4.78, 5) is 23.3. The number of rotatable bonds is 10. The Bertz CT molecular complexity index is 899. The van der Waals surface area contributed by atoms with Gasteiger partial charge in [-0.05, 0) is 36.1 Å². The number of hydrogen-bond acceptors (Lipinski definition) is 6. The minimum atomic E-state index is -1.82. The van der Waals surface area contributed by atoms with Crippen molar-refractivity contribution in [3.05, 3.63) is 72.3 Å². The van der Waals surface area contributed by atoms with Gasteiger partial charge in [0.2, 0.25) is 0 Å². The summed E-state index contributed by atoms with van der Waals surface area (Å²) in [7, 11) is 1.69. The predicted molar refractivity (Wildman–Crippen MR) is 130 cm³/mol. The highest BCUT2D eigenvalue weighted by atomic mass is 16.5. The molecule has 8 nitrogen and oxygen atoms in total. The lowest BCUT2D eigenvalue weighted by Crippen LogP contribution is -2.46. The normalized spacial score (nSPS) is 13.9. The van der Waals surface area contributed by atoms with Crippen LogP contribution in [-0.2, 0) is 22.6 Å². The van der Waals surface area contributed by atoms with E-state index in [0.717, 1.165) is 63.6 Å². The lowest BCUT2D eigenvalue weighted by molar-refractivity contribution is -0.159. The maximum atomic E-state index is 9.10. The first-order chi connectivity index (χ1) is 16.4. The first-order valence-corrected chi connectivity index (χ1v) is 11.3. The van der Waals surface area contributed by atoms with Crippen LogP contribution in [0.3, 0.4) is 0 Å². The van der Waals surface area contributed by atoms with Crippen molar-refractivity contribution in [1.29, 1.82) is 0 Å². The first-order valence-electron chi connectivity index (χ1n) is 11.3. The molecule has 1 saturated heterocycles. The number of aliphatic carboxylic acids is 2. The van der Waals surface area contributed by atoms with Gasteiger partial charge >= 0.3 is 11.9 Å². The summed E-state index contributed by atoms with van der Waals surface area (Å²) in [5, 5.41) is 14.8. The number of hydrogen-bond donors (Lipinski definition) is 2. The molecule has 0 saturated carbocycles. The fraction of sp³-hybridized carbons (Fsp3) is 0.385. The zero-order valence-electron chi connectivity index (χ0n) is 19.7. The minimum Gasteiger partial charge on any atom is -0.493 e. The monoisotopic (exact) mass is 470 g/mol. The maximum absolute atomic E-state index is 9.10. The van der Waals surface area contributed by atoms with E-state index in [9.17, 15) is 0 Å². The van der Waals surface area contributed by atoms with Crippen LogP contribution in [0.15, 0.2) is 61.2 Å². The molecule has 1 aliphatic rings. The van der Waals surface area contributed by atoms with E-state index < -0.39 is 11.9 Å². The summed E-state index contributed by atoms with van der Waals surface area (Å²) in [5.41, 5.74) is 2.59. The quantitative estimate of drug-likeness (QED) is 0.310. The number of nitrogens with zero attached hydrogens (tertiary/aromatic N) is 2. The van der Waals surface area contributed by atoms with E-state index in [1.165, 1.54) is 11.1 Å². The highest BCUT2D eigenvalue weighted by Gasteiger charge is 2.16. The molecule has 34 heavy (non-hydrogen) atoms. The van der Waals surface area contributed by atoms with E-state index in [4.69, 9.17) is 29.3 Å². The lowest BCUT2D eigenvalue weighted by atomic mass is 10.1. The fourth-order valence-corrected chi connectivity index (χ4v) is 3.61. The summed E-state index contributed by atoms with van der Waals surface area (Å²) in [6.07, 6.45) is 3.76. The predicted octanol–water partition coefficient (Wildman–Crippen LogP) is 3.17. The largest absolute Gasteiger partial charge is 0.493 e. The third kappa shape index (κ3) is 9.64. The highest BCUT2D eigenvalue weighted by molar-refractivity contribution is 6.27. The van der Waals surface area contributed by atoms with Crippen molar-refractivity contribution in [2.24, 2.45) is 0 Å². The van der Waals surface area contributed by atoms with Gasteiger partial charge in [0.15, 0.2) is 11.5 Å². The Kier molecular flexibility index (Phi) is 11.6. The van der Waals surface area contributed by atoms with Crippen molar-refractivity contribution in [2.45, 2.75) is 19.4 Å². The summed E-state index contributed by atoms with van der Waals surface area (Å²) in [5.74, 6) is -2.03. The molecule has 0 radical (unpaired) electrons. The van der Waals surface area contributed by atoms with Crippen LogP contribution in [-0.4, -0.2) is 78.4 Å². The molecule has 2 aromatic carbocycles. The van der Waals surface area contributed by atoms with Gasteiger partial charge in [0.05, 0.1) is 13.7 Å². The molecule has 0 aromatic heterocycles. The third-order valence-corrected chi connectivity index (χ3v) is 5.38. The highest BCUT2D eigenvalue weighted by Crippen LogP contribution is 2.28. The average Bonchev–Trinajstić information content (AvgIpc) is 2.84. The summed E-state index contributed by atoms with van der Waals surface area (Å²) in [6.45, 7) is 11.2. The Morgan fingerprint density at radius 2 is 1.59 bits per heavy atom. The van der Waals surface area contributed by atoms with Gasteiger partial charge in [-0.25, -0.2) is 9.59 Å². The molecule has 2 aromatic rings. The van der Waals surface area contributed by atoms with Gasteiger partial charge in [0, 0.05) is 39.3 Å². The van der Waals surface area contributed by atoms with Crippen molar-refractivity contribution in [3.8, 4) is 11.5 Å². The van der Waals surface area contributed by atoms with Crippen LogP contribution in [0.2, 0.25) is 0 Å². The second-order valence-electron chi connectivity index (χ2n) is 7.89. The van der Waals surface area contributed by atoms with E-state index in [2.05, 4.69) is 52.8 Å². The van der Waals surface area contributed by atoms with Gasteiger partial charge in [-0.1, -0.05) is 42.5 Å². The molecule has 0 amide bonds. The molecule has 0 aliphatic carbocycles. The average molecular weight is 471 g/mol. The molecule has 0 spiro atoms. The molecular weight excluding hydrogens is 436 g/mol. The van der Waals surface area contributed by atoms with E-state index in [0.29, 0.717) is 6.61 Å². The Balaban J connectivity index is 0.000000604. The maximum Gasteiger partial charge on any atom is 0.414 e. The first kappa shape index (κ1) is 26.9. The number of allylic oxidation sites excluding steroid dienone is 1. The lowest BCUT2D eigenvalue weighted by Gasteiger charge is -2.34. The molecule has 184 valence electrons. The van der Waals surface area contributed by atoms with Crippen LogP contribution >= 0.6 is 0 Å². The van der Waals surface area contributed by atoms with Crippen LogP contribution in [0.1, 0.15) is 17.5 Å². The zero-order chi connectivity index (χ0) is 24.8. The summed E-state index contributed by atoms with van der Waals surface area (Å²) < 4.78 is 11.4. The second kappa shape index (κ2) is 14.7. The second-order valence-corrected chi connectivity index (χ2v) is 7.89. The molecule has 1 aliphatic heterocycles. The van der Waals surface area contributed by atoms with E-state index in [-0.39, 0.29) is 0 Å². The van der Waals surface area contributed by atoms with E-state index >= 15 is 0 Å². The number of ether oxygens (including phenoxy) is 2. The fourth-order valence-electron chi connectivity index (χ4n) is 3.61. The van der Waals surface area contributed by atoms with Crippen LogP contribution in [0.4, 0.5) is 0 Å². The Morgan fingerprint density at radius 1 is 0.941 bits per heavy atom. The van der Waals surface area contributed by atoms with E-state index in [1.807, 2.05) is 18.2 Å². The Hall–Kier alpha value is -3.36. The third-order valence-electron chi connectivity index (χ3n) is 5.38. The van der Waals surface area contributed by atoms with Gasteiger partial charge in [0.1, 0.15) is 0 Å². The smallest absolute Gasteiger partial charge is 0.414 e. The van der Waals surface area contributed by atoms with Crippen molar-refractivity contribution in [3.63, 3.8) is 0 Å². The molecule has 1 fully saturated rings. The van der Waals surface area contributed by atoms with Crippen LogP contribution in [0.5, 0.6) is 11.5 Å². The number of carbonyl (C=O) groups is 2. The topological polar surface area (TPSA) is 99.5 Å². The van der Waals surface area contributed by atoms with Gasteiger partial charge < -0.3 is 24.6 Å². The van der Waals surface area contributed by atoms with Crippen LogP contribution < -0.4 is 9.47 Å². The van der Waals surface area contributed by atoms with Crippen molar-refractivity contribution in [2.75, 3.05) is 46.4 Å². The standard InChI is InChI=1S/C24H32N2O2.C2H2O4/c1-3-8-21-11-12-23(24(19-21)27-2)28-18-7-13-25-14-16-26(17-15-25)20-22-9-5-4-6-10-22;3-1(4)2(5)6/h3-6,9-12,19H,1,7-8,13-18,20H2,2H3;(H,3,4)(H,5,6). The molecule has 0 bridgehead atoms. The van der Waals surface area contributed by atoms with Crippen molar-refractivity contribution >= 4 is 11.9 Å². The number of benzene rings is 2. The Morgan fingerprint density at radius 3 is 2.18 bits per heavy atom. The molecule has 0 unspecified atom stereocenters. The van der Waals surface area contributed by atoms with Crippen molar-refractivity contribution < 1.29 is 29.3 Å². The van der Waals surface area contributed by atoms with Crippen LogP contribution in [0.25, 0.3) is 0 Å². The Labute approximate surface area is 201 Å². The van der Waals surface area contributed by atoms with E-state index in [1.54, 1.807) is 7.11 Å². The van der Waals surface area contributed by atoms with Gasteiger partial charge in [-0.3, -0.25) is 4.90 Å². The molecule has 1 heterocycles. The molecule has 2 N–H and O–H groups in total. The number of methoxy groups -OCH3 is 1.